The third-order valence-electron chi connectivity index (χ3n) is 8.93. The van der Waals surface area contributed by atoms with Crippen LogP contribution in [0.5, 0.6) is 0 Å². The SMILES string of the molecule is COC(=O)C[C@H](C(=O)Cc1ccccc1CC[C@@H]1CN[C@H](c2nc3cc(Br)c(F)cc3[nH]2)CO1)C(c1ccccc1)c1ccccc1. The molecule has 0 spiro atoms. The molecule has 3 atom stereocenters. The summed E-state index contributed by atoms with van der Waals surface area (Å²) < 4.78 is 25.7. The van der Waals surface area contributed by atoms with Crippen LogP contribution in [0.3, 0.4) is 0 Å². The highest BCUT2D eigenvalue weighted by atomic mass is 79.9. The van der Waals surface area contributed by atoms with E-state index in [9.17, 15) is 14.0 Å². The standard InChI is InChI=1S/C38H37BrFN3O4/c1-46-36(45)19-29(37(25-11-4-2-5-12-25)26-13-6-3-7-14-26)35(44)18-27-15-9-8-10-24(27)16-17-28-22-41-34(23-47-28)38-42-32-20-30(39)31(40)21-33(32)43-38/h2-15,20-21,28-29,34,37,41H,16-19,22-23H2,1H3,(H,42,43)/t28-,29-,34+/m1/s1. The van der Waals surface area contributed by atoms with E-state index < -0.39 is 11.9 Å². The van der Waals surface area contributed by atoms with E-state index in [2.05, 4.69) is 37.3 Å². The van der Waals surface area contributed by atoms with E-state index in [1.165, 1.54) is 13.2 Å². The maximum Gasteiger partial charge on any atom is 0.306 e. The van der Waals surface area contributed by atoms with Crippen LogP contribution in [0.15, 0.2) is 102 Å². The number of benzene rings is 4. The normalized spacial score (nSPS) is 17.1. The number of ether oxygens (including phenoxy) is 2. The van der Waals surface area contributed by atoms with Gasteiger partial charge >= 0.3 is 5.97 Å². The fraction of sp³-hybridized carbons (Fsp3) is 0.289. The van der Waals surface area contributed by atoms with E-state index in [1.54, 1.807) is 6.07 Å². The van der Waals surface area contributed by atoms with Crippen molar-refractivity contribution >= 4 is 38.7 Å². The fourth-order valence-corrected chi connectivity index (χ4v) is 6.77. The summed E-state index contributed by atoms with van der Waals surface area (Å²) in [6.07, 6.45) is 1.69. The number of nitrogens with zero attached hydrogens (tertiary/aromatic N) is 1. The molecular formula is C38H37BrFN3O4. The zero-order valence-electron chi connectivity index (χ0n) is 26.1. The number of rotatable bonds is 12. The summed E-state index contributed by atoms with van der Waals surface area (Å²) in [7, 11) is 1.36. The molecule has 1 saturated heterocycles. The molecular weight excluding hydrogens is 661 g/mol. The van der Waals surface area contributed by atoms with Crippen LogP contribution in [-0.4, -0.2) is 48.1 Å². The zero-order chi connectivity index (χ0) is 32.8. The maximum absolute atomic E-state index is 14.2. The lowest BCUT2D eigenvalue weighted by Crippen LogP contribution is -2.41. The molecule has 4 aromatic carbocycles. The number of imidazole rings is 1. The monoisotopic (exact) mass is 697 g/mol. The average Bonchev–Trinajstić information content (AvgIpc) is 3.51. The van der Waals surface area contributed by atoms with E-state index in [4.69, 9.17) is 9.47 Å². The highest BCUT2D eigenvalue weighted by molar-refractivity contribution is 9.10. The zero-order valence-corrected chi connectivity index (χ0v) is 27.7. The number of halogens is 2. The van der Waals surface area contributed by atoms with Crippen LogP contribution in [0.1, 0.15) is 52.9 Å². The third-order valence-corrected chi connectivity index (χ3v) is 9.54. The van der Waals surface area contributed by atoms with Crippen LogP contribution in [0.25, 0.3) is 11.0 Å². The number of H-pyrrole nitrogens is 1. The summed E-state index contributed by atoms with van der Waals surface area (Å²) in [5.41, 5.74) is 5.34. The van der Waals surface area contributed by atoms with Gasteiger partial charge in [0.1, 0.15) is 17.4 Å². The van der Waals surface area contributed by atoms with Crippen molar-refractivity contribution in [2.45, 2.75) is 43.7 Å². The van der Waals surface area contributed by atoms with Gasteiger partial charge in [-0.3, -0.25) is 9.59 Å². The molecule has 0 amide bonds. The molecule has 1 aliphatic rings. The number of hydrogen-bond donors (Lipinski definition) is 2. The lowest BCUT2D eigenvalue weighted by molar-refractivity contribution is -0.144. The number of carbonyl (C=O) groups is 2. The Balaban J connectivity index is 1.13. The second-order valence-corrected chi connectivity index (χ2v) is 12.8. The van der Waals surface area contributed by atoms with Crippen LogP contribution < -0.4 is 5.32 Å². The number of ketones is 1. The van der Waals surface area contributed by atoms with Gasteiger partial charge in [0.25, 0.3) is 0 Å². The van der Waals surface area contributed by atoms with Crippen LogP contribution >= 0.6 is 15.9 Å². The van der Waals surface area contributed by atoms with Crippen molar-refractivity contribution in [3.8, 4) is 0 Å². The first-order valence-electron chi connectivity index (χ1n) is 15.9. The number of aromatic amines is 1. The molecule has 0 radical (unpaired) electrons. The van der Waals surface area contributed by atoms with Gasteiger partial charge in [-0.25, -0.2) is 9.37 Å². The van der Waals surface area contributed by atoms with E-state index >= 15 is 0 Å². The summed E-state index contributed by atoms with van der Waals surface area (Å²) in [6, 6.07) is 30.8. The van der Waals surface area contributed by atoms with Crippen molar-refractivity contribution in [1.29, 1.82) is 0 Å². The number of carbonyl (C=O) groups excluding carboxylic acids is 2. The van der Waals surface area contributed by atoms with Crippen molar-refractivity contribution in [2.24, 2.45) is 5.92 Å². The topological polar surface area (TPSA) is 93.3 Å². The smallest absolute Gasteiger partial charge is 0.306 e. The Hall–Kier alpha value is -4.18. The molecule has 5 aromatic rings. The Morgan fingerprint density at radius 2 is 1.64 bits per heavy atom. The van der Waals surface area contributed by atoms with Crippen molar-refractivity contribution < 1.29 is 23.5 Å². The number of fused-ring (bicyclic) bond motifs is 1. The second kappa shape index (κ2) is 15.2. The lowest BCUT2D eigenvalue weighted by Gasteiger charge is -2.29. The van der Waals surface area contributed by atoms with Crippen molar-refractivity contribution in [3.05, 3.63) is 135 Å². The van der Waals surface area contributed by atoms with Crippen LogP contribution in [0.4, 0.5) is 4.39 Å². The molecule has 0 aliphatic carbocycles. The van der Waals surface area contributed by atoms with Gasteiger partial charge in [-0.15, -0.1) is 0 Å². The van der Waals surface area contributed by atoms with Gasteiger partial charge in [0, 0.05) is 30.9 Å². The Kier molecular flexibility index (Phi) is 10.6. The van der Waals surface area contributed by atoms with Gasteiger partial charge in [-0.05, 0) is 57.1 Å². The Morgan fingerprint density at radius 1 is 0.979 bits per heavy atom. The quantitative estimate of drug-likeness (QED) is 0.134. The molecule has 0 unspecified atom stereocenters. The van der Waals surface area contributed by atoms with Crippen molar-refractivity contribution in [1.82, 2.24) is 15.3 Å². The maximum atomic E-state index is 14.2. The molecule has 1 aromatic heterocycles. The molecule has 7 nitrogen and oxygen atoms in total. The first-order chi connectivity index (χ1) is 22.9. The average molecular weight is 699 g/mol. The summed E-state index contributed by atoms with van der Waals surface area (Å²) in [4.78, 5) is 34.7. The van der Waals surface area contributed by atoms with Gasteiger partial charge in [-0.1, -0.05) is 84.9 Å². The third kappa shape index (κ3) is 7.87. The molecule has 242 valence electrons. The minimum atomic E-state index is -0.598. The highest BCUT2D eigenvalue weighted by Crippen LogP contribution is 2.36. The Bertz CT molecular complexity index is 1740. The van der Waals surface area contributed by atoms with Gasteiger partial charge in [-0.2, -0.15) is 0 Å². The molecule has 1 aliphatic heterocycles. The van der Waals surface area contributed by atoms with Crippen molar-refractivity contribution in [2.75, 3.05) is 20.3 Å². The minimum absolute atomic E-state index is 0.00303. The number of aryl methyl sites for hydroxylation is 1. The van der Waals surface area contributed by atoms with E-state index in [0.717, 1.165) is 35.1 Å². The first kappa shape index (κ1) is 32.7. The number of nitrogens with one attached hydrogen (secondary N) is 2. The first-order valence-corrected chi connectivity index (χ1v) is 16.6. The van der Waals surface area contributed by atoms with E-state index in [-0.39, 0.29) is 42.5 Å². The lowest BCUT2D eigenvalue weighted by atomic mass is 9.75. The molecule has 6 rings (SSSR count). The fourth-order valence-electron chi connectivity index (χ4n) is 6.44. The number of esters is 1. The van der Waals surface area contributed by atoms with Crippen LogP contribution in [0, 0.1) is 11.7 Å². The number of Topliss-reactive ketones (excluding diaryl/α,β-unsaturated/α-hetero) is 1. The van der Waals surface area contributed by atoms with Gasteiger partial charge in [0.15, 0.2) is 0 Å². The summed E-state index contributed by atoms with van der Waals surface area (Å²) in [6.45, 7) is 1.07. The molecule has 1 fully saturated rings. The number of aromatic nitrogens is 2. The minimum Gasteiger partial charge on any atom is -0.469 e. The Morgan fingerprint density at radius 3 is 2.28 bits per heavy atom. The number of hydrogen-bond acceptors (Lipinski definition) is 6. The Labute approximate surface area is 282 Å². The predicted molar refractivity (Wildman–Crippen MR) is 183 cm³/mol. The van der Waals surface area contributed by atoms with Gasteiger partial charge < -0.3 is 19.8 Å². The van der Waals surface area contributed by atoms with Gasteiger partial charge in [0.2, 0.25) is 0 Å². The predicted octanol–water partition coefficient (Wildman–Crippen LogP) is 7.25. The van der Waals surface area contributed by atoms with Crippen LogP contribution in [0.2, 0.25) is 0 Å². The summed E-state index contributed by atoms with van der Waals surface area (Å²) in [5.74, 6) is -0.926. The van der Waals surface area contributed by atoms with E-state index in [0.29, 0.717) is 34.5 Å². The number of methoxy groups -OCH3 is 1. The van der Waals surface area contributed by atoms with E-state index in [1.807, 2.05) is 78.9 Å². The van der Waals surface area contributed by atoms with Crippen molar-refractivity contribution in [3.63, 3.8) is 0 Å². The largest absolute Gasteiger partial charge is 0.469 e. The molecule has 2 heterocycles. The second-order valence-electron chi connectivity index (χ2n) is 12.0. The highest BCUT2D eigenvalue weighted by Gasteiger charge is 2.33. The molecule has 0 saturated carbocycles. The van der Waals surface area contributed by atoms with Gasteiger partial charge in [0.05, 0.1) is 47.8 Å². The summed E-state index contributed by atoms with van der Waals surface area (Å²) in [5, 5.41) is 3.52. The molecule has 47 heavy (non-hydrogen) atoms. The molecule has 0 bridgehead atoms. The summed E-state index contributed by atoms with van der Waals surface area (Å²) >= 11 is 3.22. The number of morpholine rings is 1. The molecule has 2 N–H and O–H groups in total. The molecule has 9 heteroatoms. The van der Waals surface area contributed by atoms with Crippen LogP contribution in [-0.2, 0) is 31.9 Å².